The van der Waals surface area contributed by atoms with E-state index in [2.05, 4.69) is 4.90 Å². The molecule has 1 aromatic carbocycles. The van der Waals surface area contributed by atoms with Crippen LogP contribution in [-0.4, -0.2) is 86.0 Å². The van der Waals surface area contributed by atoms with Gasteiger partial charge in [0, 0.05) is 35.2 Å². The van der Waals surface area contributed by atoms with Gasteiger partial charge in [0.1, 0.15) is 28.7 Å². The Balaban J connectivity index is 1.61. The Labute approximate surface area is 231 Å². The molecule has 0 heterocycles. The van der Waals surface area contributed by atoms with Gasteiger partial charge in [-0.15, -0.1) is 0 Å². The van der Waals surface area contributed by atoms with Crippen LogP contribution in [0, 0.1) is 17.7 Å². The van der Waals surface area contributed by atoms with Gasteiger partial charge in [0.05, 0.1) is 11.6 Å². The molecule has 1 aromatic rings. The van der Waals surface area contributed by atoms with Crippen molar-refractivity contribution in [1.29, 1.82) is 0 Å². The summed E-state index contributed by atoms with van der Waals surface area (Å²) in [6.45, 7) is 2.98. The predicted molar refractivity (Wildman–Crippen MR) is 142 cm³/mol. The minimum absolute atomic E-state index is 0.0237. The summed E-state index contributed by atoms with van der Waals surface area (Å²) in [7, 11) is 3.11. The van der Waals surface area contributed by atoms with Crippen LogP contribution < -0.4 is 5.73 Å². The highest BCUT2D eigenvalue weighted by Gasteiger charge is 2.63. The zero-order valence-electron chi connectivity index (χ0n) is 22.9. The molecule has 0 saturated heterocycles. The molecule has 6 N–H and O–H groups in total. The number of aliphatic hydroxyl groups excluding tert-OH is 2. The lowest BCUT2D eigenvalue weighted by Gasteiger charge is -2.50. The molecule has 1 fully saturated rings. The Kier molecular flexibility index (Phi) is 7.04. The van der Waals surface area contributed by atoms with Crippen molar-refractivity contribution in [2.24, 2.45) is 17.6 Å². The quantitative estimate of drug-likeness (QED) is 0.329. The summed E-state index contributed by atoms with van der Waals surface area (Å²) < 4.78 is 16.0. The summed E-state index contributed by atoms with van der Waals surface area (Å²) in [6, 6.07) is 0.464. The number of allylic oxidation sites excluding steroid dienone is 1. The van der Waals surface area contributed by atoms with E-state index >= 15 is 4.39 Å². The van der Waals surface area contributed by atoms with Crippen LogP contribution in [0.25, 0.3) is 0 Å². The Morgan fingerprint density at radius 1 is 1.18 bits per heavy atom. The van der Waals surface area contributed by atoms with Crippen molar-refractivity contribution in [2.45, 2.75) is 69.7 Å². The second-order valence-corrected chi connectivity index (χ2v) is 11.7. The van der Waals surface area contributed by atoms with Gasteiger partial charge in [0.15, 0.2) is 11.4 Å². The van der Waals surface area contributed by atoms with E-state index in [1.54, 1.807) is 14.1 Å². The Hall–Kier alpha value is -3.28. The topological polar surface area (TPSA) is 165 Å². The number of phenolic OH excluding ortho intramolecular Hbond substituents is 1. The van der Waals surface area contributed by atoms with Gasteiger partial charge in [-0.3, -0.25) is 24.2 Å². The summed E-state index contributed by atoms with van der Waals surface area (Å²) in [5.41, 5.74) is 1.44. The van der Waals surface area contributed by atoms with Crippen LogP contribution in [0.4, 0.5) is 4.39 Å². The highest BCUT2D eigenvalue weighted by molar-refractivity contribution is 6.24. The molecular weight excluding hydrogens is 521 g/mol. The summed E-state index contributed by atoms with van der Waals surface area (Å²) >= 11 is 0. The molecule has 4 aliphatic carbocycles. The van der Waals surface area contributed by atoms with Gasteiger partial charge in [-0.2, -0.15) is 0 Å². The first-order valence-electron chi connectivity index (χ1n) is 13.8. The van der Waals surface area contributed by atoms with E-state index < -0.39 is 69.6 Å². The van der Waals surface area contributed by atoms with Crippen LogP contribution >= 0.6 is 0 Å². The third kappa shape index (κ3) is 3.97. The molecule has 0 radical (unpaired) electrons. The number of ketones is 2. The number of likely N-dealkylation sites (N-methyl/N-ethyl adjacent to an activating group) is 1. The van der Waals surface area contributed by atoms with Crippen molar-refractivity contribution in [1.82, 2.24) is 9.80 Å². The van der Waals surface area contributed by atoms with Gasteiger partial charge >= 0.3 is 0 Å². The first-order chi connectivity index (χ1) is 18.8. The molecule has 40 heavy (non-hydrogen) atoms. The van der Waals surface area contributed by atoms with Gasteiger partial charge in [-0.25, -0.2) is 4.39 Å². The molecule has 5 rings (SSSR count). The van der Waals surface area contributed by atoms with Crippen molar-refractivity contribution >= 4 is 17.5 Å². The number of Topliss-reactive ketones (excluding diaryl/α,β-unsaturated/α-hetero) is 2. The molecule has 11 heteroatoms. The maximum Gasteiger partial charge on any atom is 0.255 e. The monoisotopic (exact) mass is 557 g/mol. The van der Waals surface area contributed by atoms with E-state index in [0.29, 0.717) is 12.6 Å². The number of hydrogen-bond acceptors (Lipinski definition) is 9. The molecule has 0 spiro atoms. The number of nitrogens with zero attached hydrogens (tertiary/aromatic N) is 2. The molecule has 1 amide bonds. The molecule has 0 aliphatic heterocycles. The maximum absolute atomic E-state index is 16.0. The zero-order valence-corrected chi connectivity index (χ0v) is 22.9. The number of nitrogens with two attached hydrogens (primary N) is 1. The minimum atomic E-state index is -2.72. The number of rotatable bonds is 6. The van der Waals surface area contributed by atoms with E-state index in [-0.39, 0.29) is 41.6 Å². The number of amides is 1. The number of halogens is 1. The summed E-state index contributed by atoms with van der Waals surface area (Å²) in [5.74, 6) is -8.10. The van der Waals surface area contributed by atoms with E-state index in [4.69, 9.17) is 5.73 Å². The second-order valence-electron chi connectivity index (χ2n) is 11.7. The Morgan fingerprint density at radius 2 is 1.82 bits per heavy atom. The number of fused-ring (bicyclic) bond motifs is 3. The highest BCUT2D eigenvalue weighted by Crippen LogP contribution is 2.52. The fraction of sp³-hybridized carbons (Fsp3) is 0.552. The van der Waals surface area contributed by atoms with Gasteiger partial charge in [-0.1, -0.05) is 19.8 Å². The van der Waals surface area contributed by atoms with E-state index in [9.17, 15) is 34.8 Å². The van der Waals surface area contributed by atoms with Crippen molar-refractivity contribution in [3.63, 3.8) is 0 Å². The third-order valence-electron chi connectivity index (χ3n) is 9.35. The first kappa shape index (κ1) is 28.3. The smallest absolute Gasteiger partial charge is 0.255 e. The maximum atomic E-state index is 16.0. The average Bonchev–Trinajstić information content (AvgIpc) is 3.41. The number of benzene rings is 1. The van der Waals surface area contributed by atoms with Crippen LogP contribution in [0.1, 0.15) is 60.5 Å². The van der Waals surface area contributed by atoms with Crippen molar-refractivity contribution in [2.75, 3.05) is 20.6 Å². The molecule has 4 atom stereocenters. The van der Waals surface area contributed by atoms with E-state index in [0.717, 1.165) is 25.7 Å². The first-order valence-corrected chi connectivity index (χ1v) is 13.8. The number of aromatic hydroxyl groups is 1. The van der Waals surface area contributed by atoms with Crippen LogP contribution in [0.5, 0.6) is 5.75 Å². The normalized spacial score (nSPS) is 28.8. The fourth-order valence-corrected chi connectivity index (χ4v) is 7.46. The number of primary amides is 1. The summed E-state index contributed by atoms with van der Waals surface area (Å²) in [4.78, 5) is 42.8. The Morgan fingerprint density at radius 3 is 2.40 bits per heavy atom. The van der Waals surface area contributed by atoms with Gasteiger partial charge in [0.25, 0.3) is 5.91 Å². The summed E-state index contributed by atoms with van der Waals surface area (Å²) in [6.07, 6.45) is 4.12. The molecule has 216 valence electrons. The number of carbonyl (C=O) groups is 3. The molecule has 0 unspecified atom stereocenters. The second kappa shape index (κ2) is 9.97. The van der Waals surface area contributed by atoms with E-state index in [1.165, 1.54) is 11.0 Å². The standard InChI is InChI=1S/C29H36FN3O7/c1-4-33(15-7-5-6-8-15)12-14-11-18(34)20-16(22(14)30)9-13-10-17-23(32(2)3)25(36)21(28(31)39)27(38)29(17,40)26(37)19(13)24(20)35/h11,13,15,17,23,34,36-37,40H,4-10,12H2,1-3H3,(H2,31,39)/t13-,17-,23-,29-/m0/s1. The molecule has 4 aliphatic rings. The Bertz CT molecular complexity index is 1360. The number of carbonyl (C=O) groups excluding carboxylic acids is 3. The molecular formula is C29H36FN3O7. The molecule has 0 aromatic heterocycles. The molecule has 1 saturated carbocycles. The minimum Gasteiger partial charge on any atom is -0.510 e. The average molecular weight is 558 g/mol. The lowest BCUT2D eigenvalue weighted by Crippen LogP contribution is -2.63. The van der Waals surface area contributed by atoms with Crippen LogP contribution in [0.3, 0.4) is 0 Å². The van der Waals surface area contributed by atoms with Crippen molar-refractivity contribution in [3.8, 4) is 5.75 Å². The van der Waals surface area contributed by atoms with Gasteiger partial charge in [0.2, 0.25) is 5.78 Å². The summed E-state index contributed by atoms with van der Waals surface area (Å²) in [5, 5.41) is 44.8. The lowest BCUT2D eigenvalue weighted by molar-refractivity contribution is -0.148. The SMILES string of the molecule is CCN(Cc1cc(O)c2c(c1F)C[C@H]1C[C@H]3[C@H](N(C)C)C(O)=C(C(N)=O)C(=O)[C@@]3(O)C(O)=C1C2=O)C1CCCC1. The highest BCUT2D eigenvalue weighted by atomic mass is 19.1. The van der Waals surface area contributed by atoms with Gasteiger partial charge < -0.3 is 26.2 Å². The number of hydrogen-bond donors (Lipinski definition) is 5. The largest absolute Gasteiger partial charge is 0.510 e. The predicted octanol–water partition coefficient (Wildman–Crippen LogP) is 2.02. The van der Waals surface area contributed by atoms with Crippen LogP contribution in [-0.2, 0) is 22.6 Å². The molecule has 10 nitrogen and oxygen atoms in total. The van der Waals surface area contributed by atoms with E-state index in [1.807, 2.05) is 6.92 Å². The van der Waals surface area contributed by atoms with Crippen molar-refractivity contribution in [3.05, 3.63) is 51.2 Å². The fourth-order valence-electron chi connectivity index (χ4n) is 7.46. The van der Waals surface area contributed by atoms with Crippen LogP contribution in [0.2, 0.25) is 0 Å². The van der Waals surface area contributed by atoms with Gasteiger partial charge in [-0.05, 0) is 58.3 Å². The number of aliphatic hydroxyl groups is 3. The molecule has 0 bridgehead atoms. The van der Waals surface area contributed by atoms with Crippen LogP contribution in [0.15, 0.2) is 28.7 Å². The van der Waals surface area contributed by atoms with Crippen molar-refractivity contribution < 1.29 is 39.2 Å². The lowest BCUT2D eigenvalue weighted by atomic mass is 9.58. The third-order valence-corrected chi connectivity index (χ3v) is 9.35. The zero-order chi connectivity index (χ0) is 29.3. The number of phenols is 1.